The van der Waals surface area contributed by atoms with Crippen molar-refractivity contribution >= 4 is 6.08 Å². The first-order valence-electron chi connectivity index (χ1n) is 3.39. The van der Waals surface area contributed by atoms with E-state index in [4.69, 9.17) is 10.2 Å². The highest BCUT2D eigenvalue weighted by molar-refractivity contribution is 5.50. The van der Waals surface area contributed by atoms with E-state index in [2.05, 4.69) is 0 Å². The van der Waals surface area contributed by atoms with E-state index < -0.39 is 0 Å². The molecule has 0 fully saturated rings. The second-order valence-corrected chi connectivity index (χ2v) is 2.18. The van der Waals surface area contributed by atoms with E-state index in [9.17, 15) is 0 Å². The molecule has 1 aromatic carbocycles. The summed E-state index contributed by atoms with van der Waals surface area (Å²) in [6.45, 7) is 0.0425. The van der Waals surface area contributed by atoms with E-state index in [1.807, 2.05) is 0 Å². The lowest BCUT2D eigenvalue weighted by atomic mass is 10.2. The Bertz CT molecular complexity index is 236. The summed E-state index contributed by atoms with van der Waals surface area (Å²) in [5.74, 6) is 0.256. The topological polar surface area (TPSA) is 40.5 Å². The monoisotopic (exact) mass is 150 g/mol. The number of phenols is 1. The van der Waals surface area contributed by atoms with Gasteiger partial charge in [-0.05, 0) is 17.7 Å². The molecule has 0 heterocycles. The van der Waals surface area contributed by atoms with Crippen molar-refractivity contribution in [2.24, 2.45) is 0 Å². The van der Waals surface area contributed by atoms with Gasteiger partial charge in [-0.1, -0.05) is 24.3 Å². The Balaban J connectivity index is 2.73. The summed E-state index contributed by atoms with van der Waals surface area (Å²) in [5.41, 5.74) is 0.969. The molecule has 0 atom stereocenters. The van der Waals surface area contributed by atoms with Crippen molar-refractivity contribution in [1.29, 1.82) is 0 Å². The van der Waals surface area contributed by atoms with Crippen LogP contribution in [0.15, 0.2) is 30.3 Å². The van der Waals surface area contributed by atoms with Crippen LogP contribution in [-0.2, 0) is 0 Å². The first kappa shape index (κ1) is 7.82. The molecule has 0 bridgehead atoms. The maximum absolute atomic E-state index is 8.91. The first-order chi connectivity index (χ1) is 5.33. The van der Waals surface area contributed by atoms with E-state index in [0.29, 0.717) is 0 Å². The molecule has 0 aromatic heterocycles. The Morgan fingerprint density at radius 3 is 2.36 bits per heavy atom. The molecule has 0 aliphatic carbocycles. The van der Waals surface area contributed by atoms with Gasteiger partial charge in [0.1, 0.15) is 5.75 Å². The van der Waals surface area contributed by atoms with Crippen LogP contribution in [0.25, 0.3) is 6.08 Å². The number of aromatic hydroxyl groups is 1. The lowest BCUT2D eigenvalue weighted by Crippen LogP contribution is -1.73. The zero-order valence-electron chi connectivity index (χ0n) is 6.07. The molecule has 2 N–H and O–H groups in total. The molecule has 0 unspecified atom stereocenters. The quantitative estimate of drug-likeness (QED) is 0.669. The SMILES string of the molecule is OC/C=C/c1ccc(O)cc1. The minimum absolute atomic E-state index is 0.0425. The van der Waals surface area contributed by atoms with Gasteiger partial charge in [-0.25, -0.2) is 0 Å². The summed E-state index contributed by atoms with van der Waals surface area (Å²) in [5, 5.41) is 17.4. The van der Waals surface area contributed by atoms with Crippen LogP contribution in [0.4, 0.5) is 0 Å². The molecule has 0 saturated heterocycles. The molecule has 0 saturated carbocycles. The number of hydrogen-bond donors (Lipinski definition) is 2. The highest BCUT2D eigenvalue weighted by Crippen LogP contribution is 2.10. The summed E-state index contributed by atoms with van der Waals surface area (Å²) in [6, 6.07) is 6.77. The van der Waals surface area contributed by atoms with E-state index >= 15 is 0 Å². The van der Waals surface area contributed by atoms with Gasteiger partial charge in [0.25, 0.3) is 0 Å². The predicted octanol–water partition coefficient (Wildman–Crippen LogP) is 1.40. The largest absolute Gasteiger partial charge is 0.508 e. The highest BCUT2D eigenvalue weighted by Gasteiger charge is 1.85. The molecular formula is C9H10O2. The Labute approximate surface area is 65.4 Å². The van der Waals surface area contributed by atoms with Crippen molar-refractivity contribution < 1.29 is 10.2 Å². The van der Waals surface area contributed by atoms with E-state index in [1.54, 1.807) is 36.4 Å². The van der Waals surface area contributed by atoms with Crippen molar-refractivity contribution in [3.05, 3.63) is 35.9 Å². The van der Waals surface area contributed by atoms with Crippen LogP contribution in [0.3, 0.4) is 0 Å². The highest BCUT2D eigenvalue weighted by atomic mass is 16.3. The summed E-state index contributed by atoms with van der Waals surface area (Å²) in [6.07, 6.45) is 3.44. The minimum atomic E-state index is 0.0425. The molecule has 1 rings (SSSR count). The van der Waals surface area contributed by atoms with Crippen LogP contribution in [0.2, 0.25) is 0 Å². The van der Waals surface area contributed by atoms with Crippen molar-refractivity contribution in [3.8, 4) is 5.75 Å². The van der Waals surface area contributed by atoms with Gasteiger partial charge in [-0.3, -0.25) is 0 Å². The molecule has 58 valence electrons. The molecule has 2 nitrogen and oxygen atoms in total. The third-order valence-corrected chi connectivity index (χ3v) is 1.31. The molecule has 0 amide bonds. The molecular weight excluding hydrogens is 140 g/mol. The number of aliphatic hydroxyl groups excluding tert-OH is 1. The summed E-state index contributed by atoms with van der Waals surface area (Å²) < 4.78 is 0. The minimum Gasteiger partial charge on any atom is -0.508 e. The van der Waals surface area contributed by atoms with E-state index in [0.717, 1.165) is 5.56 Å². The summed E-state index contributed by atoms with van der Waals surface area (Å²) >= 11 is 0. The number of benzene rings is 1. The van der Waals surface area contributed by atoms with Crippen LogP contribution >= 0.6 is 0 Å². The first-order valence-corrected chi connectivity index (χ1v) is 3.39. The number of rotatable bonds is 2. The van der Waals surface area contributed by atoms with Gasteiger partial charge in [0.15, 0.2) is 0 Å². The van der Waals surface area contributed by atoms with Gasteiger partial charge in [0, 0.05) is 0 Å². The lowest BCUT2D eigenvalue weighted by molar-refractivity contribution is 0.343. The fourth-order valence-corrected chi connectivity index (χ4v) is 0.774. The zero-order chi connectivity index (χ0) is 8.10. The third-order valence-electron chi connectivity index (χ3n) is 1.31. The fourth-order valence-electron chi connectivity index (χ4n) is 0.774. The smallest absolute Gasteiger partial charge is 0.115 e. The van der Waals surface area contributed by atoms with Crippen molar-refractivity contribution in [2.75, 3.05) is 6.61 Å². The Hall–Kier alpha value is -1.28. The second-order valence-electron chi connectivity index (χ2n) is 2.18. The van der Waals surface area contributed by atoms with Gasteiger partial charge in [-0.2, -0.15) is 0 Å². The van der Waals surface area contributed by atoms with Crippen LogP contribution < -0.4 is 0 Å². The fraction of sp³-hybridized carbons (Fsp3) is 0.111. The zero-order valence-corrected chi connectivity index (χ0v) is 6.07. The number of aliphatic hydroxyl groups is 1. The van der Waals surface area contributed by atoms with Crippen LogP contribution in [-0.4, -0.2) is 16.8 Å². The van der Waals surface area contributed by atoms with Crippen LogP contribution in [0.5, 0.6) is 5.75 Å². The number of hydrogen-bond acceptors (Lipinski definition) is 2. The standard InChI is InChI=1S/C9H10O2/c10-7-1-2-8-3-5-9(11)6-4-8/h1-6,10-11H,7H2/b2-1+. The van der Waals surface area contributed by atoms with Gasteiger partial charge in [-0.15, -0.1) is 0 Å². The van der Waals surface area contributed by atoms with Gasteiger partial charge >= 0.3 is 0 Å². The summed E-state index contributed by atoms with van der Waals surface area (Å²) in [7, 11) is 0. The van der Waals surface area contributed by atoms with Crippen LogP contribution in [0.1, 0.15) is 5.56 Å². The maximum Gasteiger partial charge on any atom is 0.115 e. The van der Waals surface area contributed by atoms with Crippen molar-refractivity contribution in [3.63, 3.8) is 0 Å². The maximum atomic E-state index is 8.91. The lowest BCUT2D eigenvalue weighted by Gasteiger charge is -1.92. The molecule has 2 heteroatoms. The predicted molar refractivity (Wildman–Crippen MR) is 44.2 cm³/mol. The average Bonchev–Trinajstić information content (AvgIpc) is 2.04. The molecule has 0 aliphatic rings. The van der Waals surface area contributed by atoms with Gasteiger partial charge in [0.05, 0.1) is 6.61 Å². The molecule has 11 heavy (non-hydrogen) atoms. The Morgan fingerprint density at radius 2 is 1.82 bits per heavy atom. The molecule has 0 spiro atoms. The van der Waals surface area contributed by atoms with Crippen molar-refractivity contribution in [1.82, 2.24) is 0 Å². The second kappa shape index (κ2) is 3.78. The molecule has 0 aliphatic heterocycles. The van der Waals surface area contributed by atoms with Gasteiger partial charge < -0.3 is 10.2 Å². The third kappa shape index (κ3) is 2.43. The molecule has 1 aromatic rings. The average molecular weight is 150 g/mol. The number of phenolic OH excluding ortho intramolecular Hbond substituents is 1. The van der Waals surface area contributed by atoms with E-state index in [1.165, 1.54) is 0 Å². The Kier molecular flexibility index (Phi) is 2.69. The Morgan fingerprint density at radius 1 is 1.18 bits per heavy atom. The van der Waals surface area contributed by atoms with Crippen molar-refractivity contribution in [2.45, 2.75) is 0 Å². The normalized spacial score (nSPS) is 10.6. The van der Waals surface area contributed by atoms with Crippen LogP contribution in [0, 0.1) is 0 Å². The van der Waals surface area contributed by atoms with E-state index in [-0.39, 0.29) is 12.4 Å². The summed E-state index contributed by atoms with van der Waals surface area (Å²) in [4.78, 5) is 0. The molecule has 0 radical (unpaired) electrons. The van der Waals surface area contributed by atoms with Gasteiger partial charge in [0.2, 0.25) is 0 Å².